The van der Waals surface area contributed by atoms with Crippen LogP contribution in [0.2, 0.25) is 0 Å². The number of hydrogen-bond acceptors (Lipinski definition) is 1. The van der Waals surface area contributed by atoms with E-state index in [1.165, 1.54) is 11.9 Å². The van der Waals surface area contributed by atoms with Crippen LogP contribution in [-0.2, 0) is 22.4 Å². The van der Waals surface area contributed by atoms with Crippen LogP contribution in [0.1, 0.15) is 43.6 Å². The maximum atomic E-state index is 7.48. The molecule has 16 heavy (non-hydrogen) atoms. The molecule has 0 spiro atoms. The van der Waals surface area contributed by atoms with Gasteiger partial charge in [0.2, 0.25) is 0 Å². The fourth-order valence-corrected chi connectivity index (χ4v) is 2.17. The third-order valence-electron chi connectivity index (χ3n) is 2.64. The first-order valence-electron chi connectivity index (χ1n) is 5.54. The molecule has 2 nitrogen and oxygen atoms in total. The van der Waals surface area contributed by atoms with E-state index in [1.807, 2.05) is 6.08 Å². The van der Waals surface area contributed by atoms with Gasteiger partial charge in [-0.15, -0.1) is 0 Å². The second-order valence-corrected chi connectivity index (χ2v) is 5.10. The molecule has 0 saturated heterocycles. The van der Waals surface area contributed by atoms with Crippen LogP contribution in [0.3, 0.4) is 0 Å². The number of nitrogens with one attached hydrogen (secondary N) is 2. The van der Waals surface area contributed by atoms with Gasteiger partial charge in [0.05, 0.1) is 0 Å². The zero-order valence-corrected chi connectivity index (χ0v) is 11.3. The second kappa shape index (κ2) is 5.51. The van der Waals surface area contributed by atoms with Crippen LogP contribution >= 0.6 is 0 Å². The fourth-order valence-electron chi connectivity index (χ4n) is 1.73. The van der Waals surface area contributed by atoms with Crippen molar-refractivity contribution in [1.82, 2.24) is 4.98 Å². The van der Waals surface area contributed by atoms with Crippen LogP contribution in [0.15, 0.2) is 12.7 Å². The van der Waals surface area contributed by atoms with E-state index in [0.29, 0.717) is 5.92 Å². The standard InChI is InChI=1S/C13H19N2.Mn/c1-5-10(4)13-11(8-14)7-12(15-13)6-9(2)3;/h5,8-10,14-15H,1,6H2,2-4H3;. The summed E-state index contributed by atoms with van der Waals surface area (Å²) >= 11 is 3.57. The van der Waals surface area contributed by atoms with Crippen molar-refractivity contribution in [3.05, 3.63) is 29.6 Å². The Hall–Kier alpha value is -0.791. The fraction of sp³-hybridized carbons (Fsp3) is 0.462. The van der Waals surface area contributed by atoms with E-state index in [4.69, 9.17) is 5.41 Å². The van der Waals surface area contributed by atoms with Gasteiger partial charge in [0.25, 0.3) is 0 Å². The Bertz CT molecular complexity index is 391. The Kier molecular flexibility index (Phi) is 4.57. The molecule has 1 rings (SSSR count). The number of allylic oxidation sites excluding steroid dienone is 1. The zero-order chi connectivity index (χ0) is 12.3. The summed E-state index contributed by atoms with van der Waals surface area (Å²) in [6, 6.07) is 0. The number of rotatable bonds is 5. The van der Waals surface area contributed by atoms with Gasteiger partial charge in [-0.2, -0.15) is 0 Å². The molecular weight excluding hydrogens is 239 g/mol. The molecule has 0 aliphatic heterocycles. The summed E-state index contributed by atoms with van der Waals surface area (Å²) in [6.07, 6.45) is 4.29. The first-order chi connectivity index (χ1) is 7.51. The van der Waals surface area contributed by atoms with E-state index in [0.717, 1.165) is 22.1 Å². The summed E-state index contributed by atoms with van der Waals surface area (Å²) < 4.78 is 1.03. The van der Waals surface area contributed by atoms with Crippen LogP contribution < -0.4 is 4.46 Å². The molecule has 0 saturated carbocycles. The average molecular weight is 258 g/mol. The summed E-state index contributed by atoms with van der Waals surface area (Å²) in [6.45, 7) is 10.3. The first-order valence-corrected chi connectivity index (χ1v) is 6.13. The van der Waals surface area contributed by atoms with Crippen LogP contribution in [0.5, 0.6) is 0 Å². The van der Waals surface area contributed by atoms with Gasteiger partial charge < -0.3 is 0 Å². The number of aromatic amines is 1. The molecule has 1 atom stereocenters. The van der Waals surface area contributed by atoms with Crippen molar-refractivity contribution in [3.8, 4) is 0 Å². The van der Waals surface area contributed by atoms with Gasteiger partial charge in [-0.25, -0.2) is 0 Å². The molecule has 1 unspecified atom stereocenters. The minimum atomic E-state index is 0.244. The van der Waals surface area contributed by atoms with E-state index in [-0.39, 0.29) is 5.92 Å². The van der Waals surface area contributed by atoms with Crippen molar-refractivity contribution in [1.29, 1.82) is 5.41 Å². The Balaban J connectivity index is 3.19. The molecule has 0 radical (unpaired) electrons. The molecule has 0 aliphatic rings. The third-order valence-corrected chi connectivity index (χ3v) is 3.32. The predicted molar refractivity (Wildman–Crippen MR) is 65.5 cm³/mol. The third kappa shape index (κ3) is 2.66. The summed E-state index contributed by atoms with van der Waals surface area (Å²) in [5.41, 5.74) is 3.20. The van der Waals surface area contributed by atoms with Crippen molar-refractivity contribution < 1.29 is 16.0 Å². The molecule has 0 aliphatic carbocycles. The van der Waals surface area contributed by atoms with Crippen molar-refractivity contribution in [2.24, 2.45) is 5.92 Å². The van der Waals surface area contributed by atoms with Crippen LogP contribution in [0, 0.1) is 11.3 Å². The summed E-state index contributed by atoms with van der Waals surface area (Å²) in [5, 5.41) is 7.48. The first kappa shape index (κ1) is 13.3. The Morgan fingerprint density at radius 1 is 1.44 bits per heavy atom. The van der Waals surface area contributed by atoms with Gasteiger partial charge in [0.1, 0.15) is 0 Å². The molecule has 0 bridgehead atoms. The molecule has 0 aromatic carbocycles. The summed E-state index contributed by atoms with van der Waals surface area (Å²) in [4.78, 5) is 3.41. The van der Waals surface area contributed by atoms with E-state index >= 15 is 0 Å². The molecule has 1 aromatic heterocycles. The van der Waals surface area contributed by atoms with Crippen molar-refractivity contribution in [3.63, 3.8) is 0 Å². The number of hydrogen-bond donors (Lipinski definition) is 2. The van der Waals surface area contributed by atoms with Gasteiger partial charge in [-0.3, -0.25) is 0 Å². The van der Waals surface area contributed by atoms with Gasteiger partial charge in [0, 0.05) is 0 Å². The molecule has 2 N–H and O–H groups in total. The Morgan fingerprint density at radius 3 is 2.50 bits per heavy atom. The normalized spacial score (nSPS) is 12.8. The van der Waals surface area contributed by atoms with Gasteiger partial charge in [-0.1, -0.05) is 0 Å². The SMILES string of the molecule is C=CC(C)c1[nH]c(CC(C)C)[c]([Mn])c1C=N. The van der Waals surface area contributed by atoms with E-state index < -0.39 is 0 Å². The van der Waals surface area contributed by atoms with E-state index in [1.54, 1.807) is 0 Å². The number of H-pyrrole nitrogens is 1. The topological polar surface area (TPSA) is 39.6 Å². The monoisotopic (exact) mass is 258 g/mol. The predicted octanol–water partition coefficient (Wildman–Crippen LogP) is 2.67. The molecule has 0 amide bonds. The quantitative estimate of drug-likeness (QED) is 0.463. The van der Waals surface area contributed by atoms with E-state index in [9.17, 15) is 0 Å². The molecule has 0 fully saturated rings. The van der Waals surface area contributed by atoms with Crippen molar-refractivity contribution in [2.45, 2.75) is 33.1 Å². The maximum absolute atomic E-state index is 7.48. The molecular formula is C13H19MnN2. The van der Waals surface area contributed by atoms with Crippen LogP contribution in [-0.4, -0.2) is 11.2 Å². The zero-order valence-electron chi connectivity index (χ0n) is 10.1. The molecule has 1 heterocycles. The minimum absolute atomic E-state index is 0.244. The van der Waals surface area contributed by atoms with Gasteiger partial charge in [-0.05, 0) is 0 Å². The number of aromatic nitrogens is 1. The van der Waals surface area contributed by atoms with Crippen LogP contribution in [0.25, 0.3) is 0 Å². The van der Waals surface area contributed by atoms with Gasteiger partial charge >= 0.3 is 106 Å². The average Bonchev–Trinajstić information content (AvgIpc) is 2.54. The van der Waals surface area contributed by atoms with E-state index in [2.05, 4.69) is 48.3 Å². The van der Waals surface area contributed by atoms with Crippen molar-refractivity contribution >= 4 is 10.7 Å². The Labute approximate surface area is 106 Å². The molecule has 3 heteroatoms. The molecule has 88 valence electrons. The summed E-state index contributed by atoms with van der Waals surface area (Å²) in [7, 11) is 0. The van der Waals surface area contributed by atoms with Crippen molar-refractivity contribution in [2.75, 3.05) is 0 Å². The molecule has 1 aromatic rings. The van der Waals surface area contributed by atoms with Gasteiger partial charge in [0.15, 0.2) is 0 Å². The second-order valence-electron chi connectivity index (χ2n) is 4.51. The summed E-state index contributed by atoms with van der Waals surface area (Å²) in [5.74, 6) is 0.842. The Morgan fingerprint density at radius 2 is 2.06 bits per heavy atom. The van der Waals surface area contributed by atoms with Crippen LogP contribution in [0.4, 0.5) is 0 Å².